The Kier molecular flexibility index (Phi) is 6.18. The van der Waals surface area contributed by atoms with Crippen molar-refractivity contribution < 1.29 is 9.59 Å². The first-order chi connectivity index (χ1) is 14.7. The van der Waals surface area contributed by atoms with Gasteiger partial charge in [0.15, 0.2) is 0 Å². The average Bonchev–Trinajstić information content (AvgIpc) is 3.33. The molecular formula is C25H25N3O2. The van der Waals surface area contributed by atoms with Gasteiger partial charge in [-0.3, -0.25) is 14.6 Å². The van der Waals surface area contributed by atoms with Crippen LogP contribution in [0, 0.1) is 0 Å². The fourth-order valence-electron chi connectivity index (χ4n) is 3.84. The van der Waals surface area contributed by atoms with Crippen LogP contribution in [0.2, 0.25) is 0 Å². The number of amides is 2. The molecule has 0 saturated carbocycles. The monoisotopic (exact) mass is 399 g/mol. The SMILES string of the molecule is O=C(Nc1cccc(C(=O)N2CCCC2)c1)C(Cc1ccccn1)c1ccccc1. The van der Waals surface area contributed by atoms with Gasteiger partial charge < -0.3 is 10.2 Å². The molecular weight excluding hydrogens is 374 g/mol. The molecule has 5 heteroatoms. The van der Waals surface area contributed by atoms with Gasteiger partial charge in [0.05, 0.1) is 5.92 Å². The van der Waals surface area contributed by atoms with Gasteiger partial charge in [-0.2, -0.15) is 0 Å². The third-order valence-corrected chi connectivity index (χ3v) is 5.43. The van der Waals surface area contributed by atoms with Crippen LogP contribution in [0.4, 0.5) is 5.69 Å². The van der Waals surface area contributed by atoms with Crippen molar-refractivity contribution in [1.82, 2.24) is 9.88 Å². The standard InChI is InChI=1S/C25H25N3O2/c29-24(23(19-9-2-1-3-10-19)18-21-12-4-5-14-26-21)27-22-13-8-11-20(17-22)25(30)28-15-6-7-16-28/h1-5,8-14,17,23H,6-7,15-16,18H2,(H,27,29). The molecule has 1 saturated heterocycles. The van der Waals surface area contributed by atoms with Crippen LogP contribution >= 0.6 is 0 Å². The lowest BCUT2D eigenvalue weighted by molar-refractivity contribution is -0.117. The first-order valence-electron chi connectivity index (χ1n) is 10.4. The molecule has 30 heavy (non-hydrogen) atoms. The molecule has 2 heterocycles. The lowest BCUT2D eigenvalue weighted by atomic mass is 9.93. The highest BCUT2D eigenvalue weighted by Gasteiger charge is 2.23. The van der Waals surface area contributed by atoms with E-state index in [0.29, 0.717) is 17.7 Å². The fourth-order valence-corrected chi connectivity index (χ4v) is 3.84. The minimum atomic E-state index is -0.376. The molecule has 3 aromatic rings. The summed E-state index contributed by atoms with van der Waals surface area (Å²) in [5.41, 5.74) is 3.03. The lowest BCUT2D eigenvalue weighted by Crippen LogP contribution is -2.28. The number of likely N-dealkylation sites (tertiary alicyclic amines) is 1. The van der Waals surface area contributed by atoms with Crippen LogP contribution in [0.25, 0.3) is 0 Å². The first-order valence-corrected chi connectivity index (χ1v) is 10.4. The maximum Gasteiger partial charge on any atom is 0.253 e. The summed E-state index contributed by atoms with van der Waals surface area (Å²) in [5.74, 6) is -0.464. The van der Waals surface area contributed by atoms with E-state index in [1.807, 2.05) is 65.6 Å². The summed E-state index contributed by atoms with van der Waals surface area (Å²) in [7, 11) is 0. The Balaban J connectivity index is 1.53. The third kappa shape index (κ3) is 4.74. The Morgan fingerprint density at radius 3 is 2.43 bits per heavy atom. The van der Waals surface area contributed by atoms with Gasteiger partial charge in [0.2, 0.25) is 5.91 Å². The predicted molar refractivity (Wildman–Crippen MR) is 117 cm³/mol. The quantitative estimate of drug-likeness (QED) is 0.673. The van der Waals surface area contributed by atoms with E-state index in [2.05, 4.69) is 10.3 Å². The number of hydrogen-bond donors (Lipinski definition) is 1. The molecule has 0 aliphatic carbocycles. The Labute approximate surface area is 176 Å². The summed E-state index contributed by atoms with van der Waals surface area (Å²) in [5, 5.41) is 3.01. The van der Waals surface area contributed by atoms with Gasteiger partial charge in [0.25, 0.3) is 5.91 Å². The van der Waals surface area contributed by atoms with E-state index >= 15 is 0 Å². The zero-order valence-electron chi connectivity index (χ0n) is 16.8. The van der Waals surface area contributed by atoms with Gasteiger partial charge in [-0.05, 0) is 48.7 Å². The minimum absolute atomic E-state index is 0.0247. The minimum Gasteiger partial charge on any atom is -0.339 e. The third-order valence-electron chi connectivity index (χ3n) is 5.43. The smallest absolute Gasteiger partial charge is 0.253 e. The molecule has 1 fully saturated rings. The summed E-state index contributed by atoms with van der Waals surface area (Å²) in [6.07, 6.45) is 4.34. The zero-order chi connectivity index (χ0) is 20.8. The number of pyridine rings is 1. The number of benzene rings is 2. The molecule has 1 atom stereocenters. The van der Waals surface area contributed by atoms with Crippen LogP contribution in [0.15, 0.2) is 79.0 Å². The lowest BCUT2D eigenvalue weighted by Gasteiger charge is -2.18. The summed E-state index contributed by atoms with van der Waals surface area (Å²) >= 11 is 0. The van der Waals surface area contributed by atoms with E-state index in [9.17, 15) is 9.59 Å². The van der Waals surface area contributed by atoms with E-state index in [1.165, 1.54) is 0 Å². The topological polar surface area (TPSA) is 62.3 Å². The molecule has 1 aromatic heterocycles. The highest BCUT2D eigenvalue weighted by molar-refractivity contribution is 5.99. The fraction of sp³-hybridized carbons (Fsp3) is 0.240. The first kappa shape index (κ1) is 19.8. The van der Waals surface area contributed by atoms with Crippen LogP contribution in [-0.2, 0) is 11.2 Å². The molecule has 0 spiro atoms. The van der Waals surface area contributed by atoms with Gasteiger partial charge in [-0.15, -0.1) is 0 Å². The van der Waals surface area contributed by atoms with Crippen molar-refractivity contribution in [1.29, 1.82) is 0 Å². The van der Waals surface area contributed by atoms with Crippen LogP contribution in [0.1, 0.15) is 40.4 Å². The zero-order valence-corrected chi connectivity index (χ0v) is 16.8. The Bertz CT molecular complexity index is 999. The number of aromatic nitrogens is 1. The van der Waals surface area contributed by atoms with Crippen molar-refractivity contribution in [3.05, 3.63) is 95.8 Å². The predicted octanol–water partition coefficient (Wildman–Crippen LogP) is 4.28. The molecule has 1 unspecified atom stereocenters. The second-order valence-corrected chi connectivity index (χ2v) is 7.56. The number of nitrogens with one attached hydrogen (secondary N) is 1. The maximum atomic E-state index is 13.2. The van der Waals surface area contributed by atoms with E-state index < -0.39 is 0 Å². The van der Waals surface area contributed by atoms with Crippen LogP contribution in [-0.4, -0.2) is 34.8 Å². The van der Waals surface area contributed by atoms with Crippen molar-refractivity contribution in [3.8, 4) is 0 Å². The summed E-state index contributed by atoms with van der Waals surface area (Å²) in [4.78, 5) is 32.2. The van der Waals surface area contributed by atoms with E-state index in [-0.39, 0.29) is 17.7 Å². The van der Waals surface area contributed by atoms with E-state index in [4.69, 9.17) is 0 Å². The molecule has 5 nitrogen and oxygen atoms in total. The Morgan fingerprint density at radius 1 is 0.933 bits per heavy atom. The van der Waals surface area contributed by atoms with Crippen molar-refractivity contribution in [2.75, 3.05) is 18.4 Å². The summed E-state index contributed by atoms with van der Waals surface area (Å²) in [6, 6.07) is 22.6. The summed E-state index contributed by atoms with van der Waals surface area (Å²) < 4.78 is 0. The number of anilines is 1. The average molecular weight is 399 g/mol. The Morgan fingerprint density at radius 2 is 1.70 bits per heavy atom. The number of nitrogens with zero attached hydrogens (tertiary/aromatic N) is 2. The van der Waals surface area contributed by atoms with Gasteiger partial charge >= 0.3 is 0 Å². The second kappa shape index (κ2) is 9.35. The van der Waals surface area contributed by atoms with Gasteiger partial charge in [0, 0.05) is 42.7 Å². The molecule has 1 N–H and O–H groups in total. The van der Waals surface area contributed by atoms with Gasteiger partial charge in [-0.1, -0.05) is 42.5 Å². The number of carbonyl (C=O) groups excluding carboxylic acids is 2. The molecule has 152 valence electrons. The van der Waals surface area contributed by atoms with Crippen molar-refractivity contribution in [2.45, 2.75) is 25.2 Å². The maximum absolute atomic E-state index is 13.2. The van der Waals surface area contributed by atoms with Crippen molar-refractivity contribution in [3.63, 3.8) is 0 Å². The van der Waals surface area contributed by atoms with Crippen LogP contribution in [0.5, 0.6) is 0 Å². The van der Waals surface area contributed by atoms with Gasteiger partial charge in [-0.25, -0.2) is 0 Å². The Hall–Kier alpha value is -3.47. The van der Waals surface area contributed by atoms with E-state index in [1.54, 1.807) is 18.3 Å². The molecule has 0 bridgehead atoms. The molecule has 0 radical (unpaired) electrons. The van der Waals surface area contributed by atoms with Crippen LogP contribution in [0.3, 0.4) is 0 Å². The largest absolute Gasteiger partial charge is 0.339 e. The molecule has 1 aliphatic rings. The highest BCUT2D eigenvalue weighted by Crippen LogP contribution is 2.23. The second-order valence-electron chi connectivity index (χ2n) is 7.56. The van der Waals surface area contributed by atoms with Gasteiger partial charge in [0.1, 0.15) is 0 Å². The normalized spacial score (nSPS) is 14.3. The molecule has 2 aromatic carbocycles. The molecule has 1 aliphatic heterocycles. The number of carbonyl (C=O) groups is 2. The number of rotatable bonds is 6. The molecule has 4 rings (SSSR count). The van der Waals surface area contributed by atoms with Crippen molar-refractivity contribution >= 4 is 17.5 Å². The van der Waals surface area contributed by atoms with Crippen LogP contribution < -0.4 is 5.32 Å². The van der Waals surface area contributed by atoms with E-state index in [0.717, 1.165) is 37.2 Å². The number of hydrogen-bond acceptors (Lipinski definition) is 3. The molecule has 2 amide bonds. The summed E-state index contributed by atoms with van der Waals surface area (Å²) in [6.45, 7) is 1.60. The van der Waals surface area contributed by atoms with Crippen molar-refractivity contribution in [2.24, 2.45) is 0 Å². The highest BCUT2D eigenvalue weighted by atomic mass is 16.2.